The molecule has 12 heteroatoms. The molecule has 2 aromatic carbocycles. The minimum Gasteiger partial charge on any atom is -0.492 e. The number of nitrogens with zero attached hydrogens (tertiary/aromatic N) is 2. The van der Waals surface area contributed by atoms with E-state index in [2.05, 4.69) is 20.6 Å². The largest absolute Gasteiger partial charge is 0.492 e. The van der Waals surface area contributed by atoms with Gasteiger partial charge in [0, 0.05) is 29.3 Å². The fraction of sp³-hybridized carbons (Fsp3) is 0.286. The van der Waals surface area contributed by atoms with E-state index in [1.807, 2.05) is 6.92 Å². The highest BCUT2D eigenvalue weighted by molar-refractivity contribution is 8.72. The molecule has 1 saturated heterocycles. The van der Waals surface area contributed by atoms with Gasteiger partial charge in [-0.05, 0) is 48.4 Å². The van der Waals surface area contributed by atoms with Crippen molar-refractivity contribution < 1.29 is 22.3 Å². The summed E-state index contributed by atoms with van der Waals surface area (Å²) in [6.45, 7) is 2.16. The molecule has 2 N–H and O–H groups in total. The highest BCUT2D eigenvalue weighted by atomic mass is 35.5. The van der Waals surface area contributed by atoms with E-state index in [1.54, 1.807) is 12.1 Å². The van der Waals surface area contributed by atoms with Gasteiger partial charge in [0.05, 0.1) is 28.1 Å². The smallest absolute Gasteiger partial charge is 0.225 e. The van der Waals surface area contributed by atoms with Gasteiger partial charge in [-0.1, -0.05) is 11.6 Å². The molecule has 8 nitrogen and oxygen atoms in total. The molecule has 0 spiro atoms. The maximum absolute atomic E-state index is 13.5. The summed E-state index contributed by atoms with van der Waals surface area (Å²) in [5.41, 5.74) is 1.44. The number of halogens is 2. The van der Waals surface area contributed by atoms with E-state index in [0.29, 0.717) is 52.6 Å². The molecule has 2 heterocycles. The summed E-state index contributed by atoms with van der Waals surface area (Å²) in [7, 11) is -2.44. The van der Waals surface area contributed by atoms with Gasteiger partial charge in [0.1, 0.15) is 23.7 Å². The minimum absolute atomic E-state index is 0.0371. The van der Waals surface area contributed by atoms with Gasteiger partial charge in [0.25, 0.3) is 0 Å². The molecule has 1 aliphatic heterocycles. The van der Waals surface area contributed by atoms with Crippen molar-refractivity contribution >= 4 is 65.3 Å². The predicted octanol–water partition coefficient (Wildman–Crippen LogP) is 4.73. The monoisotopic (exact) mass is 510 g/mol. The maximum Gasteiger partial charge on any atom is 0.225 e. The molecule has 1 atom stereocenters. The zero-order valence-electron chi connectivity index (χ0n) is 17.5. The standard InChI is InChI=1S/C21H20ClFN4O4S2/c1-2-31-19-10-17-14(9-18(19)27-20(28)8-13-5-6-32-33(13,29)30)21(25-11-24-17)26-12-3-4-16(23)15(22)7-12/h3-4,7,9-11,13H,2,5-6,8H2,1H3,(H,27,28)(H,24,25,26). The van der Waals surface area contributed by atoms with Crippen molar-refractivity contribution in [2.45, 2.75) is 25.0 Å². The molecule has 33 heavy (non-hydrogen) atoms. The van der Waals surface area contributed by atoms with E-state index in [4.69, 9.17) is 16.3 Å². The number of anilines is 3. The number of ether oxygens (including phenoxy) is 1. The molecule has 1 aromatic heterocycles. The van der Waals surface area contributed by atoms with E-state index in [0.717, 1.165) is 10.8 Å². The first-order valence-electron chi connectivity index (χ1n) is 10.1. The number of amides is 1. The molecule has 174 valence electrons. The van der Waals surface area contributed by atoms with Crippen molar-refractivity contribution in [1.29, 1.82) is 0 Å². The number of benzene rings is 2. The fourth-order valence-corrected chi connectivity index (χ4v) is 7.37. The number of hydrogen-bond donors (Lipinski definition) is 2. The van der Waals surface area contributed by atoms with E-state index in [9.17, 15) is 17.6 Å². The summed E-state index contributed by atoms with van der Waals surface area (Å²) in [4.78, 5) is 21.2. The van der Waals surface area contributed by atoms with Gasteiger partial charge in [0.15, 0.2) is 0 Å². The van der Waals surface area contributed by atoms with Crippen LogP contribution in [-0.2, 0) is 13.7 Å². The number of aromatic nitrogens is 2. The molecule has 4 rings (SSSR count). The van der Waals surface area contributed by atoms with Gasteiger partial charge in [-0.2, -0.15) is 0 Å². The van der Waals surface area contributed by atoms with Crippen LogP contribution in [0.4, 0.5) is 21.6 Å². The molecule has 1 amide bonds. The van der Waals surface area contributed by atoms with Crippen LogP contribution >= 0.6 is 22.4 Å². The third-order valence-corrected chi connectivity index (χ3v) is 9.54. The van der Waals surface area contributed by atoms with Crippen LogP contribution in [0, 0.1) is 5.82 Å². The van der Waals surface area contributed by atoms with E-state index < -0.39 is 25.8 Å². The topological polar surface area (TPSA) is 110 Å². The first kappa shape index (κ1) is 23.5. The first-order chi connectivity index (χ1) is 15.8. The second-order valence-electron chi connectivity index (χ2n) is 7.25. The Morgan fingerprint density at radius 1 is 1.30 bits per heavy atom. The Balaban J connectivity index is 1.66. The number of nitrogens with one attached hydrogen (secondary N) is 2. The molecular weight excluding hydrogens is 491 g/mol. The summed E-state index contributed by atoms with van der Waals surface area (Å²) in [5, 5.41) is 5.67. The zero-order valence-corrected chi connectivity index (χ0v) is 19.9. The normalized spacial score (nSPS) is 17.1. The zero-order chi connectivity index (χ0) is 23.6. The van der Waals surface area contributed by atoms with Gasteiger partial charge < -0.3 is 15.4 Å². The lowest BCUT2D eigenvalue weighted by atomic mass is 10.1. The van der Waals surface area contributed by atoms with Crippen molar-refractivity contribution in [3.05, 3.63) is 47.5 Å². The maximum atomic E-state index is 13.5. The van der Waals surface area contributed by atoms with E-state index >= 15 is 0 Å². The second-order valence-corrected chi connectivity index (χ2v) is 12.1. The van der Waals surface area contributed by atoms with Crippen molar-refractivity contribution in [1.82, 2.24) is 9.97 Å². The Morgan fingerprint density at radius 2 is 2.12 bits per heavy atom. The molecule has 1 unspecified atom stereocenters. The Hall–Kier alpha value is -2.63. The highest BCUT2D eigenvalue weighted by Crippen LogP contribution is 2.35. The molecule has 0 bridgehead atoms. The first-order valence-corrected chi connectivity index (χ1v) is 13.5. The second kappa shape index (κ2) is 9.70. The third kappa shape index (κ3) is 5.31. The van der Waals surface area contributed by atoms with Crippen LogP contribution in [-0.4, -0.2) is 41.9 Å². The lowest BCUT2D eigenvalue weighted by Crippen LogP contribution is -2.22. The van der Waals surface area contributed by atoms with E-state index in [-0.39, 0.29) is 11.4 Å². The van der Waals surface area contributed by atoms with Crippen LogP contribution < -0.4 is 15.4 Å². The van der Waals surface area contributed by atoms with Gasteiger partial charge in [-0.25, -0.2) is 22.8 Å². The van der Waals surface area contributed by atoms with Gasteiger partial charge in [-0.3, -0.25) is 4.79 Å². The van der Waals surface area contributed by atoms with Crippen LogP contribution in [0.25, 0.3) is 10.9 Å². The van der Waals surface area contributed by atoms with Crippen LogP contribution in [0.1, 0.15) is 19.8 Å². The van der Waals surface area contributed by atoms with Gasteiger partial charge in [0.2, 0.25) is 14.8 Å². The predicted molar refractivity (Wildman–Crippen MR) is 128 cm³/mol. The van der Waals surface area contributed by atoms with Crippen molar-refractivity contribution in [3.8, 4) is 5.75 Å². The summed E-state index contributed by atoms with van der Waals surface area (Å²) >= 11 is 5.87. The van der Waals surface area contributed by atoms with E-state index in [1.165, 1.54) is 24.5 Å². The van der Waals surface area contributed by atoms with Crippen molar-refractivity contribution in [3.63, 3.8) is 0 Å². The van der Waals surface area contributed by atoms with Crippen LogP contribution in [0.5, 0.6) is 5.75 Å². The van der Waals surface area contributed by atoms with Gasteiger partial charge in [-0.15, -0.1) is 0 Å². The summed E-state index contributed by atoms with van der Waals surface area (Å²) < 4.78 is 43.3. The summed E-state index contributed by atoms with van der Waals surface area (Å²) in [6, 6.07) is 7.52. The van der Waals surface area contributed by atoms with Crippen LogP contribution in [0.15, 0.2) is 36.7 Å². The van der Waals surface area contributed by atoms with Crippen LogP contribution in [0.3, 0.4) is 0 Å². The lowest BCUT2D eigenvalue weighted by Gasteiger charge is -2.15. The number of hydrogen-bond acceptors (Lipinski definition) is 8. The number of carbonyl (C=O) groups is 1. The molecule has 3 aromatic rings. The quantitative estimate of drug-likeness (QED) is 0.439. The average Bonchev–Trinajstić information content (AvgIpc) is 3.09. The summed E-state index contributed by atoms with van der Waals surface area (Å²) in [6.07, 6.45) is 1.68. The van der Waals surface area contributed by atoms with Gasteiger partial charge >= 0.3 is 0 Å². The number of rotatable bonds is 7. The Morgan fingerprint density at radius 3 is 2.82 bits per heavy atom. The Bertz CT molecular complexity index is 1320. The minimum atomic E-state index is -3.32. The molecule has 1 aliphatic rings. The molecule has 0 saturated carbocycles. The summed E-state index contributed by atoms with van der Waals surface area (Å²) in [5.74, 6) is 0.333. The molecule has 1 fully saturated rings. The highest BCUT2D eigenvalue weighted by Gasteiger charge is 2.34. The number of fused-ring (bicyclic) bond motifs is 1. The SMILES string of the molecule is CCOc1cc2ncnc(Nc3ccc(F)c(Cl)c3)c2cc1NC(=O)CC1CCSS1(=O)=O. The molecular formula is C21H20ClFN4O4S2. The Kier molecular flexibility index (Phi) is 6.91. The third-order valence-electron chi connectivity index (χ3n) is 5.00. The fourth-order valence-electron chi connectivity index (χ4n) is 3.42. The Labute approximate surface area is 198 Å². The lowest BCUT2D eigenvalue weighted by molar-refractivity contribution is -0.116. The van der Waals surface area contributed by atoms with Crippen molar-refractivity contribution in [2.75, 3.05) is 23.0 Å². The molecule has 0 radical (unpaired) electrons. The average molecular weight is 511 g/mol. The molecule has 0 aliphatic carbocycles. The van der Waals surface area contributed by atoms with Crippen LogP contribution in [0.2, 0.25) is 5.02 Å². The van der Waals surface area contributed by atoms with Crippen molar-refractivity contribution in [2.24, 2.45) is 0 Å². The number of carbonyl (C=O) groups excluding carboxylic acids is 1.